The number of nitrogens with two attached hydrogens (primary N) is 1. The summed E-state index contributed by atoms with van der Waals surface area (Å²) in [5.74, 6) is 1.63. The summed E-state index contributed by atoms with van der Waals surface area (Å²) in [5.41, 5.74) is 7.03. The molecule has 0 aromatic heterocycles. The van der Waals surface area contributed by atoms with E-state index in [2.05, 4.69) is 11.2 Å². The molecule has 0 amide bonds. The molecule has 1 aliphatic rings. The number of nitrogens with zero attached hydrogens (tertiary/aromatic N) is 3. The molecule has 0 heterocycles. The van der Waals surface area contributed by atoms with E-state index < -0.39 is 6.29 Å². The summed E-state index contributed by atoms with van der Waals surface area (Å²) in [5, 5.41) is 9.51. The third kappa shape index (κ3) is 6.51. The van der Waals surface area contributed by atoms with Crippen LogP contribution in [-0.4, -0.2) is 57.7 Å². The summed E-state index contributed by atoms with van der Waals surface area (Å²) in [7, 11) is 4.69. The summed E-state index contributed by atoms with van der Waals surface area (Å²) >= 11 is 0. The van der Waals surface area contributed by atoms with Crippen molar-refractivity contribution in [2.75, 3.05) is 34.4 Å². The number of guanidine groups is 1. The molecular formula is C21H32N4O4. The van der Waals surface area contributed by atoms with E-state index in [1.165, 1.54) is 32.0 Å². The maximum absolute atomic E-state index is 9.51. The smallest absolute Gasteiger partial charge is 0.204 e. The lowest BCUT2D eigenvalue weighted by atomic mass is 10.00. The van der Waals surface area contributed by atoms with E-state index >= 15 is 0 Å². The summed E-state index contributed by atoms with van der Waals surface area (Å²) < 4.78 is 21.8. The molecule has 1 aromatic carbocycles. The van der Waals surface area contributed by atoms with Crippen molar-refractivity contribution in [1.82, 2.24) is 4.90 Å². The first-order valence-corrected chi connectivity index (χ1v) is 9.89. The highest BCUT2D eigenvalue weighted by atomic mass is 16.7. The first-order chi connectivity index (χ1) is 14.0. The molecule has 2 N–H and O–H groups in total. The molecule has 1 aliphatic carbocycles. The van der Waals surface area contributed by atoms with Crippen LogP contribution >= 0.6 is 0 Å². The van der Waals surface area contributed by atoms with Crippen molar-refractivity contribution in [2.45, 2.75) is 50.9 Å². The standard InChI is InChI=1S/C21H32N4O4/c1-15(13-25(14-22)21(23)24-12-20(27-3)28-4)16-9-10-18(26-2)19(11-16)29-17-7-5-6-8-17/h9-11,15,17,20H,5-8,12-13H2,1-4H3,(H2,23,24). The molecular weight excluding hydrogens is 372 g/mol. The Morgan fingerprint density at radius 3 is 2.52 bits per heavy atom. The van der Waals surface area contributed by atoms with Gasteiger partial charge < -0.3 is 24.7 Å². The fourth-order valence-corrected chi connectivity index (χ4v) is 3.34. The Hall–Kier alpha value is -2.50. The zero-order valence-electron chi connectivity index (χ0n) is 17.8. The molecule has 0 bridgehead atoms. The molecule has 2 rings (SSSR count). The first-order valence-electron chi connectivity index (χ1n) is 9.89. The van der Waals surface area contributed by atoms with Crippen LogP contribution in [0.4, 0.5) is 0 Å². The van der Waals surface area contributed by atoms with Gasteiger partial charge in [0.25, 0.3) is 0 Å². The van der Waals surface area contributed by atoms with Gasteiger partial charge in [0.05, 0.1) is 19.8 Å². The zero-order chi connectivity index (χ0) is 21.2. The van der Waals surface area contributed by atoms with Gasteiger partial charge >= 0.3 is 0 Å². The molecule has 1 atom stereocenters. The highest BCUT2D eigenvalue weighted by Gasteiger charge is 2.20. The molecule has 1 saturated carbocycles. The van der Waals surface area contributed by atoms with Crippen LogP contribution in [0.2, 0.25) is 0 Å². The third-order valence-electron chi connectivity index (χ3n) is 5.13. The van der Waals surface area contributed by atoms with E-state index in [4.69, 9.17) is 24.7 Å². The van der Waals surface area contributed by atoms with Crippen LogP contribution in [0.5, 0.6) is 11.5 Å². The molecule has 0 spiro atoms. The Labute approximate surface area is 173 Å². The van der Waals surface area contributed by atoms with Crippen molar-refractivity contribution in [3.63, 3.8) is 0 Å². The predicted octanol–water partition coefficient (Wildman–Crippen LogP) is 2.84. The maximum atomic E-state index is 9.51. The Bertz CT molecular complexity index is 709. The van der Waals surface area contributed by atoms with E-state index in [0.29, 0.717) is 6.54 Å². The molecule has 0 saturated heterocycles. The minimum absolute atomic E-state index is 0.0286. The van der Waals surface area contributed by atoms with Crippen LogP contribution in [0.15, 0.2) is 23.2 Å². The number of ether oxygens (including phenoxy) is 4. The van der Waals surface area contributed by atoms with Gasteiger partial charge in [0, 0.05) is 26.7 Å². The average Bonchev–Trinajstić information content (AvgIpc) is 3.25. The second kappa shape index (κ2) is 11.5. The van der Waals surface area contributed by atoms with Gasteiger partial charge in [0.2, 0.25) is 5.96 Å². The minimum Gasteiger partial charge on any atom is -0.493 e. The lowest BCUT2D eigenvalue weighted by molar-refractivity contribution is -0.0937. The molecule has 8 nitrogen and oxygen atoms in total. The number of hydrogen-bond donors (Lipinski definition) is 1. The quantitative estimate of drug-likeness (QED) is 0.210. The third-order valence-corrected chi connectivity index (χ3v) is 5.13. The van der Waals surface area contributed by atoms with Crippen LogP contribution in [0.1, 0.15) is 44.1 Å². The van der Waals surface area contributed by atoms with Crippen LogP contribution < -0.4 is 15.2 Å². The Morgan fingerprint density at radius 2 is 1.93 bits per heavy atom. The van der Waals surface area contributed by atoms with Crippen LogP contribution in [0.25, 0.3) is 0 Å². The van der Waals surface area contributed by atoms with Gasteiger partial charge in [-0.25, -0.2) is 9.89 Å². The van der Waals surface area contributed by atoms with Crippen molar-refractivity contribution in [3.05, 3.63) is 23.8 Å². The number of aliphatic imine (C=N–C) groups is 1. The molecule has 1 fully saturated rings. The highest BCUT2D eigenvalue weighted by Crippen LogP contribution is 2.34. The summed E-state index contributed by atoms with van der Waals surface area (Å²) in [4.78, 5) is 5.57. The van der Waals surface area contributed by atoms with Gasteiger partial charge in [-0.15, -0.1) is 0 Å². The topological polar surface area (TPSA) is 102 Å². The van der Waals surface area contributed by atoms with Crippen LogP contribution in [0, 0.1) is 11.5 Å². The molecule has 0 radical (unpaired) electrons. The minimum atomic E-state index is -0.497. The van der Waals surface area contributed by atoms with Crippen molar-refractivity contribution in [3.8, 4) is 17.7 Å². The zero-order valence-corrected chi connectivity index (χ0v) is 17.8. The van der Waals surface area contributed by atoms with Crippen LogP contribution in [-0.2, 0) is 9.47 Å². The van der Waals surface area contributed by atoms with Crippen molar-refractivity contribution >= 4 is 5.96 Å². The average molecular weight is 405 g/mol. The number of hydrogen-bond acceptors (Lipinski definition) is 6. The van der Waals surface area contributed by atoms with E-state index in [-0.39, 0.29) is 24.5 Å². The van der Waals surface area contributed by atoms with Gasteiger partial charge in [0.1, 0.15) is 0 Å². The first kappa shape index (κ1) is 22.8. The van der Waals surface area contributed by atoms with Crippen LogP contribution in [0.3, 0.4) is 0 Å². The van der Waals surface area contributed by atoms with Crippen molar-refractivity contribution in [2.24, 2.45) is 10.7 Å². The molecule has 0 aliphatic heterocycles. The largest absolute Gasteiger partial charge is 0.493 e. The van der Waals surface area contributed by atoms with Gasteiger partial charge in [-0.1, -0.05) is 13.0 Å². The fourth-order valence-electron chi connectivity index (χ4n) is 3.34. The lowest BCUT2D eigenvalue weighted by Gasteiger charge is -2.22. The number of methoxy groups -OCH3 is 3. The predicted molar refractivity (Wildman–Crippen MR) is 111 cm³/mol. The molecule has 29 heavy (non-hydrogen) atoms. The second-order valence-corrected chi connectivity index (χ2v) is 7.15. The van der Waals surface area contributed by atoms with E-state index in [9.17, 15) is 5.26 Å². The Kier molecular flexibility index (Phi) is 9.03. The van der Waals surface area contributed by atoms with Gasteiger partial charge in [-0.3, -0.25) is 0 Å². The Morgan fingerprint density at radius 1 is 1.24 bits per heavy atom. The normalized spacial score (nSPS) is 15.9. The van der Waals surface area contributed by atoms with E-state index in [0.717, 1.165) is 29.9 Å². The maximum Gasteiger partial charge on any atom is 0.204 e. The number of rotatable bonds is 10. The van der Waals surface area contributed by atoms with E-state index in [1.807, 2.05) is 25.1 Å². The molecule has 160 valence electrons. The molecule has 1 unspecified atom stereocenters. The van der Waals surface area contributed by atoms with Gasteiger partial charge in [-0.05, 0) is 43.4 Å². The summed E-state index contributed by atoms with van der Waals surface area (Å²) in [6, 6.07) is 5.89. The SMILES string of the molecule is COc1ccc(C(C)CN(C#N)C(N)=NCC(OC)OC)cc1OC1CCCC1. The lowest BCUT2D eigenvalue weighted by Crippen LogP contribution is -2.37. The second-order valence-electron chi connectivity index (χ2n) is 7.15. The van der Waals surface area contributed by atoms with Crippen molar-refractivity contribution in [1.29, 1.82) is 5.26 Å². The molecule has 1 aromatic rings. The van der Waals surface area contributed by atoms with Gasteiger partial charge in [0.15, 0.2) is 24.0 Å². The number of nitriles is 1. The van der Waals surface area contributed by atoms with Gasteiger partial charge in [-0.2, -0.15) is 5.26 Å². The highest BCUT2D eigenvalue weighted by molar-refractivity contribution is 5.79. The number of benzene rings is 1. The summed E-state index contributed by atoms with van der Waals surface area (Å²) in [6.07, 6.45) is 6.38. The van der Waals surface area contributed by atoms with Crippen molar-refractivity contribution < 1.29 is 18.9 Å². The fraction of sp³-hybridized carbons (Fsp3) is 0.619. The molecule has 8 heteroatoms. The monoisotopic (exact) mass is 404 g/mol. The van der Waals surface area contributed by atoms with E-state index in [1.54, 1.807) is 7.11 Å². The Balaban J connectivity index is 2.08. The summed E-state index contributed by atoms with van der Waals surface area (Å²) in [6.45, 7) is 2.64.